The molecule has 0 aliphatic carbocycles. The maximum Gasteiger partial charge on any atom is 0.244 e. The van der Waals surface area contributed by atoms with E-state index in [1.54, 1.807) is 25.3 Å². The lowest BCUT2D eigenvalue weighted by Gasteiger charge is -2.20. The Kier molecular flexibility index (Phi) is 8.68. The van der Waals surface area contributed by atoms with Crippen LogP contribution < -0.4 is 10.1 Å². The van der Waals surface area contributed by atoms with E-state index in [1.807, 2.05) is 31.2 Å². The number of para-hydroxylation sites is 1. The van der Waals surface area contributed by atoms with E-state index in [0.29, 0.717) is 46.8 Å². The first-order valence-corrected chi connectivity index (χ1v) is 11.2. The van der Waals surface area contributed by atoms with E-state index in [-0.39, 0.29) is 24.8 Å². The van der Waals surface area contributed by atoms with Gasteiger partial charge in [-0.1, -0.05) is 34.4 Å². The van der Waals surface area contributed by atoms with Crippen molar-refractivity contribution in [3.8, 4) is 17.1 Å². The largest absolute Gasteiger partial charge is 0.497 e. The number of carbonyl (C=O) groups excluding carboxylic acids is 2. The number of carbonyl (C=O) groups is 2. The van der Waals surface area contributed by atoms with Crippen LogP contribution in [0.4, 0.5) is 5.69 Å². The van der Waals surface area contributed by atoms with Gasteiger partial charge in [0.25, 0.3) is 0 Å². The van der Waals surface area contributed by atoms with Crippen molar-refractivity contribution in [2.24, 2.45) is 0 Å². The second-order valence-corrected chi connectivity index (χ2v) is 7.96. The lowest BCUT2D eigenvalue weighted by molar-refractivity contribution is -0.134. The van der Waals surface area contributed by atoms with Crippen molar-refractivity contribution in [2.75, 3.05) is 25.5 Å². The molecule has 0 saturated heterocycles. The van der Waals surface area contributed by atoms with Gasteiger partial charge in [-0.25, -0.2) is 0 Å². The highest BCUT2D eigenvalue weighted by Gasteiger charge is 2.18. The van der Waals surface area contributed by atoms with Gasteiger partial charge in [-0.2, -0.15) is 4.98 Å². The van der Waals surface area contributed by atoms with Crippen molar-refractivity contribution in [3.05, 3.63) is 58.4 Å². The van der Waals surface area contributed by atoms with Crippen molar-refractivity contribution in [2.45, 2.75) is 26.2 Å². The van der Waals surface area contributed by atoms with Crippen LogP contribution in [0.3, 0.4) is 0 Å². The van der Waals surface area contributed by atoms with Crippen LogP contribution in [0.15, 0.2) is 47.0 Å². The maximum absolute atomic E-state index is 12.6. The number of nitrogens with one attached hydrogen (secondary N) is 1. The summed E-state index contributed by atoms with van der Waals surface area (Å²) >= 11 is 12.2. The Bertz CT molecular complexity index is 1080. The monoisotopic (exact) mass is 490 g/mol. The standard InChI is InChI=1S/C23H24Cl2N4O4/c1-3-29(14-19(30)26-22-17(24)6-4-7-18(22)25)21(31)9-5-8-20-27-23(28-33-20)15-10-12-16(32-2)13-11-15/h4,6-7,10-13H,3,5,8-9,14H2,1-2H3,(H,26,30). The van der Waals surface area contributed by atoms with Gasteiger partial charge in [0.05, 0.1) is 29.4 Å². The van der Waals surface area contributed by atoms with Crippen molar-refractivity contribution in [1.29, 1.82) is 0 Å². The molecule has 1 aromatic heterocycles. The zero-order valence-electron chi connectivity index (χ0n) is 18.3. The number of amides is 2. The van der Waals surface area contributed by atoms with E-state index < -0.39 is 0 Å². The number of ether oxygens (including phenoxy) is 1. The second-order valence-electron chi connectivity index (χ2n) is 7.15. The minimum Gasteiger partial charge on any atom is -0.497 e. The molecule has 0 unspecified atom stereocenters. The van der Waals surface area contributed by atoms with Gasteiger partial charge in [0.2, 0.25) is 23.5 Å². The van der Waals surface area contributed by atoms with Gasteiger partial charge >= 0.3 is 0 Å². The summed E-state index contributed by atoms with van der Waals surface area (Å²) in [6.45, 7) is 2.11. The van der Waals surface area contributed by atoms with E-state index >= 15 is 0 Å². The Hall–Kier alpha value is -3.10. The number of benzene rings is 2. The van der Waals surface area contributed by atoms with E-state index in [2.05, 4.69) is 15.5 Å². The number of rotatable bonds is 10. The third-order valence-electron chi connectivity index (χ3n) is 4.89. The predicted molar refractivity (Wildman–Crippen MR) is 127 cm³/mol. The normalized spacial score (nSPS) is 10.7. The molecule has 8 nitrogen and oxygen atoms in total. The van der Waals surface area contributed by atoms with E-state index in [4.69, 9.17) is 32.5 Å². The summed E-state index contributed by atoms with van der Waals surface area (Å²) in [6.07, 6.45) is 1.21. The molecule has 0 saturated carbocycles. The SMILES string of the molecule is CCN(CC(=O)Nc1c(Cl)cccc1Cl)C(=O)CCCc1nc(-c2ccc(OC)cc2)no1. The molecule has 1 N–H and O–H groups in total. The highest BCUT2D eigenvalue weighted by Crippen LogP contribution is 2.29. The molecule has 2 aromatic carbocycles. The minimum absolute atomic E-state index is 0.0982. The molecule has 3 aromatic rings. The van der Waals surface area contributed by atoms with Crippen LogP contribution >= 0.6 is 23.2 Å². The van der Waals surface area contributed by atoms with Crippen molar-refractivity contribution >= 4 is 40.7 Å². The highest BCUT2D eigenvalue weighted by molar-refractivity contribution is 6.39. The fourth-order valence-electron chi connectivity index (χ4n) is 3.11. The molecule has 0 fully saturated rings. The van der Waals surface area contributed by atoms with Gasteiger partial charge in [0, 0.05) is 24.9 Å². The Morgan fingerprint density at radius 3 is 2.45 bits per heavy atom. The van der Waals surface area contributed by atoms with E-state index in [0.717, 1.165) is 11.3 Å². The Balaban J connectivity index is 1.49. The second kappa shape index (κ2) is 11.7. The fraction of sp³-hybridized carbons (Fsp3) is 0.304. The van der Waals surface area contributed by atoms with Gasteiger partial charge in [-0.3, -0.25) is 9.59 Å². The third kappa shape index (κ3) is 6.69. The summed E-state index contributed by atoms with van der Waals surface area (Å²) in [5.41, 5.74) is 1.14. The molecule has 0 atom stereocenters. The van der Waals surface area contributed by atoms with Crippen LogP contribution in [-0.2, 0) is 16.0 Å². The summed E-state index contributed by atoms with van der Waals surface area (Å²) in [5.74, 6) is 1.14. The van der Waals surface area contributed by atoms with Crippen molar-refractivity contribution < 1.29 is 18.8 Å². The number of hydrogen-bond donors (Lipinski definition) is 1. The lowest BCUT2D eigenvalue weighted by Crippen LogP contribution is -2.37. The van der Waals surface area contributed by atoms with E-state index in [9.17, 15) is 9.59 Å². The zero-order valence-corrected chi connectivity index (χ0v) is 19.8. The van der Waals surface area contributed by atoms with Gasteiger partial charge in [0.1, 0.15) is 5.75 Å². The summed E-state index contributed by atoms with van der Waals surface area (Å²) < 4.78 is 10.4. The summed E-state index contributed by atoms with van der Waals surface area (Å²) in [7, 11) is 1.60. The smallest absolute Gasteiger partial charge is 0.244 e. The minimum atomic E-state index is -0.374. The number of likely N-dealkylation sites (N-methyl/N-ethyl adjacent to an activating group) is 1. The summed E-state index contributed by atoms with van der Waals surface area (Å²) in [5, 5.41) is 7.32. The molecule has 0 spiro atoms. The first-order chi connectivity index (χ1) is 15.9. The Morgan fingerprint density at radius 1 is 1.12 bits per heavy atom. The van der Waals surface area contributed by atoms with Crippen LogP contribution in [-0.4, -0.2) is 47.1 Å². The van der Waals surface area contributed by atoms with Gasteiger partial charge in [-0.15, -0.1) is 0 Å². The molecule has 10 heteroatoms. The van der Waals surface area contributed by atoms with Crippen LogP contribution in [0, 0.1) is 0 Å². The van der Waals surface area contributed by atoms with Crippen LogP contribution in [0.1, 0.15) is 25.7 Å². The quantitative estimate of drug-likeness (QED) is 0.435. The molecule has 0 bridgehead atoms. The molecular weight excluding hydrogens is 467 g/mol. The number of halogens is 2. The summed E-state index contributed by atoms with van der Waals surface area (Å²) in [6, 6.07) is 12.3. The third-order valence-corrected chi connectivity index (χ3v) is 5.52. The van der Waals surface area contributed by atoms with Gasteiger partial charge < -0.3 is 19.5 Å². The topological polar surface area (TPSA) is 97.6 Å². The van der Waals surface area contributed by atoms with E-state index in [1.165, 1.54) is 4.90 Å². The molecule has 33 heavy (non-hydrogen) atoms. The predicted octanol–water partition coefficient (Wildman–Crippen LogP) is 4.86. The van der Waals surface area contributed by atoms with Gasteiger partial charge in [-0.05, 0) is 49.7 Å². The molecule has 1 heterocycles. The summed E-state index contributed by atoms with van der Waals surface area (Å²) in [4.78, 5) is 30.8. The number of aromatic nitrogens is 2. The number of aryl methyl sites for hydroxylation is 1. The lowest BCUT2D eigenvalue weighted by atomic mass is 10.2. The van der Waals surface area contributed by atoms with Crippen molar-refractivity contribution in [1.82, 2.24) is 15.0 Å². The number of anilines is 1. The molecular formula is C23H24Cl2N4O4. The Morgan fingerprint density at radius 2 is 1.82 bits per heavy atom. The molecule has 2 amide bonds. The van der Waals surface area contributed by atoms with Crippen molar-refractivity contribution in [3.63, 3.8) is 0 Å². The number of methoxy groups -OCH3 is 1. The molecule has 174 valence electrons. The van der Waals surface area contributed by atoms with Crippen LogP contribution in [0.5, 0.6) is 5.75 Å². The average molecular weight is 491 g/mol. The number of nitrogens with zero attached hydrogens (tertiary/aromatic N) is 3. The Labute approximate surface area is 201 Å². The molecule has 3 rings (SSSR count). The fourth-order valence-corrected chi connectivity index (χ4v) is 3.60. The molecule has 0 radical (unpaired) electrons. The molecule has 0 aliphatic heterocycles. The van der Waals surface area contributed by atoms with Crippen LogP contribution in [0.2, 0.25) is 10.0 Å². The van der Waals surface area contributed by atoms with Gasteiger partial charge in [0.15, 0.2) is 0 Å². The first-order valence-electron chi connectivity index (χ1n) is 10.4. The zero-order chi connectivity index (χ0) is 23.8. The van der Waals surface area contributed by atoms with Crippen LogP contribution in [0.25, 0.3) is 11.4 Å². The maximum atomic E-state index is 12.6. The first kappa shape index (κ1) is 24.5. The average Bonchev–Trinajstić information content (AvgIpc) is 3.29. The number of hydrogen-bond acceptors (Lipinski definition) is 6. The highest BCUT2D eigenvalue weighted by atomic mass is 35.5. The molecule has 0 aliphatic rings.